The van der Waals surface area contributed by atoms with Crippen LogP contribution in [-0.4, -0.2) is 66.4 Å². The van der Waals surface area contributed by atoms with Crippen LogP contribution < -0.4 is 4.74 Å². The molecule has 0 saturated carbocycles. The van der Waals surface area contributed by atoms with Crippen molar-refractivity contribution in [1.29, 1.82) is 0 Å². The maximum absolute atomic E-state index is 11.3. The number of ether oxygens (including phenoxy) is 2. The molecule has 8 nitrogen and oxygen atoms in total. The molecule has 0 radical (unpaired) electrons. The first kappa shape index (κ1) is 23.4. The number of carbonyl (C=O) groups excluding carboxylic acids is 1. The number of carbonyl (C=O) groups is 3. The standard InChI is InChI=1S/C18H27NO3.C2H2O4/c1-15-6-5-12-19(14-15)11-3-4-13-22-17-9-7-16(8-10-17)18(20)21-2;3-1(4)2(5)6/h7-10,15H,3-6,11-14H2,1-2H3;(H,3,4)(H,5,6). The Hall–Kier alpha value is -2.61. The van der Waals surface area contributed by atoms with Crippen molar-refractivity contribution in [3.63, 3.8) is 0 Å². The normalized spacial score (nSPS) is 16.4. The lowest BCUT2D eigenvalue weighted by molar-refractivity contribution is -0.159. The Labute approximate surface area is 165 Å². The van der Waals surface area contributed by atoms with Crippen LogP contribution in [0.15, 0.2) is 24.3 Å². The number of piperidine rings is 1. The van der Waals surface area contributed by atoms with E-state index in [4.69, 9.17) is 24.5 Å². The molecule has 0 bridgehead atoms. The number of methoxy groups -OCH3 is 1. The molecular formula is C20H29NO7. The van der Waals surface area contributed by atoms with Gasteiger partial charge in [0.25, 0.3) is 0 Å². The van der Waals surface area contributed by atoms with Crippen LogP contribution in [-0.2, 0) is 14.3 Å². The van der Waals surface area contributed by atoms with Gasteiger partial charge in [0, 0.05) is 6.54 Å². The molecule has 28 heavy (non-hydrogen) atoms. The molecule has 0 spiro atoms. The van der Waals surface area contributed by atoms with Crippen LogP contribution in [0.1, 0.15) is 43.0 Å². The predicted molar refractivity (Wildman–Crippen MR) is 103 cm³/mol. The number of carboxylic acid groups (broad SMARTS) is 2. The summed E-state index contributed by atoms with van der Waals surface area (Å²) in [5, 5.41) is 14.8. The number of rotatable bonds is 7. The van der Waals surface area contributed by atoms with Gasteiger partial charge >= 0.3 is 17.9 Å². The van der Waals surface area contributed by atoms with E-state index >= 15 is 0 Å². The summed E-state index contributed by atoms with van der Waals surface area (Å²) in [5.74, 6) is -2.31. The van der Waals surface area contributed by atoms with Crippen LogP contribution in [0.3, 0.4) is 0 Å². The van der Waals surface area contributed by atoms with Crippen LogP contribution >= 0.6 is 0 Å². The molecule has 1 atom stereocenters. The fourth-order valence-corrected chi connectivity index (χ4v) is 2.92. The number of carboxylic acids is 2. The van der Waals surface area contributed by atoms with E-state index in [0.717, 1.165) is 24.7 Å². The Morgan fingerprint density at radius 2 is 1.75 bits per heavy atom. The lowest BCUT2D eigenvalue weighted by Crippen LogP contribution is -2.35. The number of likely N-dealkylation sites (tertiary alicyclic amines) is 1. The van der Waals surface area contributed by atoms with Gasteiger partial charge in [0.2, 0.25) is 0 Å². The van der Waals surface area contributed by atoms with Crippen molar-refractivity contribution in [1.82, 2.24) is 4.90 Å². The number of benzene rings is 1. The van der Waals surface area contributed by atoms with E-state index in [1.165, 1.54) is 46.0 Å². The highest BCUT2D eigenvalue weighted by Crippen LogP contribution is 2.16. The molecule has 0 amide bonds. The molecule has 0 aliphatic carbocycles. The number of hydrogen-bond acceptors (Lipinski definition) is 6. The third kappa shape index (κ3) is 9.36. The largest absolute Gasteiger partial charge is 0.494 e. The first-order valence-corrected chi connectivity index (χ1v) is 9.33. The molecule has 1 aliphatic heterocycles. The highest BCUT2D eigenvalue weighted by atomic mass is 16.5. The van der Waals surface area contributed by atoms with Crippen molar-refractivity contribution in [2.45, 2.75) is 32.6 Å². The fourth-order valence-electron chi connectivity index (χ4n) is 2.92. The average molecular weight is 395 g/mol. The van der Waals surface area contributed by atoms with Gasteiger partial charge in [-0.2, -0.15) is 0 Å². The number of hydrogen-bond donors (Lipinski definition) is 2. The molecule has 0 aromatic heterocycles. The van der Waals surface area contributed by atoms with E-state index in [9.17, 15) is 4.79 Å². The zero-order valence-corrected chi connectivity index (χ0v) is 16.4. The number of nitrogens with zero attached hydrogens (tertiary/aromatic N) is 1. The van der Waals surface area contributed by atoms with E-state index < -0.39 is 11.9 Å². The minimum absolute atomic E-state index is 0.317. The van der Waals surface area contributed by atoms with Gasteiger partial charge in [-0.3, -0.25) is 0 Å². The highest BCUT2D eigenvalue weighted by Gasteiger charge is 2.15. The Morgan fingerprint density at radius 1 is 1.11 bits per heavy atom. The molecule has 1 aliphatic rings. The minimum Gasteiger partial charge on any atom is -0.494 e. The molecule has 8 heteroatoms. The Morgan fingerprint density at radius 3 is 2.29 bits per heavy atom. The molecule has 1 unspecified atom stereocenters. The molecule has 1 heterocycles. The third-order valence-corrected chi connectivity index (χ3v) is 4.34. The highest BCUT2D eigenvalue weighted by molar-refractivity contribution is 6.27. The summed E-state index contributed by atoms with van der Waals surface area (Å²) in [5.41, 5.74) is 0.550. The Balaban J connectivity index is 0.000000568. The number of unbranched alkanes of at least 4 members (excludes halogenated alkanes) is 1. The van der Waals surface area contributed by atoms with Crippen LogP contribution in [0.25, 0.3) is 0 Å². The van der Waals surface area contributed by atoms with Gasteiger partial charge in [0.1, 0.15) is 5.75 Å². The molecule has 1 aromatic rings. The zero-order valence-electron chi connectivity index (χ0n) is 16.4. The van der Waals surface area contributed by atoms with E-state index in [1.54, 1.807) is 12.1 Å². The molecule has 2 rings (SSSR count). The lowest BCUT2D eigenvalue weighted by Gasteiger charge is -2.30. The van der Waals surface area contributed by atoms with E-state index in [2.05, 4.69) is 16.6 Å². The van der Waals surface area contributed by atoms with Gasteiger partial charge in [-0.05, 0) is 69.0 Å². The van der Waals surface area contributed by atoms with Crippen molar-refractivity contribution in [3.8, 4) is 5.75 Å². The average Bonchev–Trinajstić information content (AvgIpc) is 2.68. The van der Waals surface area contributed by atoms with E-state index in [-0.39, 0.29) is 5.97 Å². The fraction of sp³-hybridized carbons (Fsp3) is 0.550. The quantitative estimate of drug-likeness (QED) is 0.411. The molecule has 156 valence electrons. The maximum atomic E-state index is 11.3. The summed E-state index contributed by atoms with van der Waals surface area (Å²) in [4.78, 5) is 32.1. The summed E-state index contributed by atoms with van der Waals surface area (Å²) < 4.78 is 10.4. The van der Waals surface area contributed by atoms with Crippen molar-refractivity contribution >= 4 is 17.9 Å². The van der Waals surface area contributed by atoms with Crippen molar-refractivity contribution in [2.75, 3.05) is 33.4 Å². The van der Waals surface area contributed by atoms with Gasteiger partial charge in [0.05, 0.1) is 19.3 Å². The van der Waals surface area contributed by atoms with Gasteiger partial charge < -0.3 is 24.6 Å². The topological polar surface area (TPSA) is 113 Å². The zero-order chi connectivity index (χ0) is 20.9. The Bertz CT molecular complexity index is 618. The molecule has 1 fully saturated rings. The second-order valence-electron chi connectivity index (χ2n) is 6.73. The first-order valence-electron chi connectivity index (χ1n) is 9.33. The second kappa shape index (κ2) is 12.7. The smallest absolute Gasteiger partial charge is 0.414 e. The van der Waals surface area contributed by atoms with Crippen molar-refractivity contribution in [2.24, 2.45) is 5.92 Å². The summed E-state index contributed by atoms with van der Waals surface area (Å²) in [6, 6.07) is 7.10. The number of aliphatic carboxylic acids is 2. The molecule has 2 N–H and O–H groups in total. The molecular weight excluding hydrogens is 366 g/mol. The van der Waals surface area contributed by atoms with Gasteiger partial charge in [-0.15, -0.1) is 0 Å². The van der Waals surface area contributed by atoms with Gasteiger partial charge in [-0.25, -0.2) is 14.4 Å². The number of esters is 1. The van der Waals surface area contributed by atoms with Crippen LogP contribution in [0.5, 0.6) is 5.75 Å². The van der Waals surface area contributed by atoms with E-state index in [1.807, 2.05) is 12.1 Å². The lowest BCUT2D eigenvalue weighted by atomic mass is 10.0. The summed E-state index contributed by atoms with van der Waals surface area (Å²) in [7, 11) is 1.38. The van der Waals surface area contributed by atoms with E-state index in [0.29, 0.717) is 5.56 Å². The summed E-state index contributed by atoms with van der Waals surface area (Å²) >= 11 is 0. The first-order chi connectivity index (χ1) is 13.3. The van der Waals surface area contributed by atoms with Gasteiger partial charge in [0.15, 0.2) is 0 Å². The van der Waals surface area contributed by atoms with Crippen molar-refractivity contribution < 1.29 is 34.1 Å². The second-order valence-corrected chi connectivity index (χ2v) is 6.73. The predicted octanol–water partition coefficient (Wildman–Crippen LogP) is 2.52. The SMILES string of the molecule is COC(=O)c1ccc(OCCCCN2CCCC(C)C2)cc1.O=C(O)C(=O)O. The third-order valence-electron chi connectivity index (χ3n) is 4.34. The Kier molecular flexibility index (Phi) is 10.6. The van der Waals surface area contributed by atoms with Crippen LogP contribution in [0.4, 0.5) is 0 Å². The van der Waals surface area contributed by atoms with Gasteiger partial charge in [-0.1, -0.05) is 6.92 Å². The van der Waals surface area contributed by atoms with Crippen molar-refractivity contribution in [3.05, 3.63) is 29.8 Å². The molecule has 1 saturated heterocycles. The van der Waals surface area contributed by atoms with Crippen LogP contribution in [0, 0.1) is 5.92 Å². The maximum Gasteiger partial charge on any atom is 0.414 e. The summed E-state index contributed by atoms with van der Waals surface area (Å²) in [6.07, 6.45) is 4.95. The minimum atomic E-state index is -1.82. The monoisotopic (exact) mass is 395 g/mol. The molecule has 1 aromatic carbocycles. The van der Waals surface area contributed by atoms with Crippen LogP contribution in [0.2, 0.25) is 0 Å². The summed E-state index contributed by atoms with van der Waals surface area (Å²) in [6.45, 7) is 6.74.